The number of nitrogens with zero attached hydrogens (tertiary/aromatic N) is 1. The fourth-order valence-corrected chi connectivity index (χ4v) is 2.22. The molecule has 4 heteroatoms. The topological polar surface area (TPSA) is 45.1 Å². The molecular formula is C12H17BrN2O. The van der Waals surface area contributed by atoms with Gasteiger partial charge in [-0.15, -0.1) is 0 Å². The SMILES string of the molecule is CC1(C)C(O)CC1NCc1ccc(Br)cn1. The van der Waals surface area contributed by atoms with Gasteiger partial charge in [-0.2, -0.15) is 0 Å². The molecule has 0 saturated heterocycles. The number of rotatable bonds is 3. The van der Waals surface area contributed by atoms with Crippen molar-refractivity contribution in [2.75, 3.05) is 0 Å². The maximum absolute atomic E-state index is 9.62. The lowest BCUT2D eigenvalue weighted by molar-refractivity contribution is -0.0730. The molecule has 2 atom stereocenters. The van der Waals surface area contributed by atoms with Crippen LogP contribution in [0.4, 0.5) is 0 Å². The molecule has 1 fully saturated rings. The van der Waals surface area contributed by atoms with Gasteiger partial charge in [-0.1, -0.05) is 13.8 Å². The van der Waals surface area contributed by atoms with Crippen molar-refractivity contribution in [2.45, 2.75) is 39.0 Å². The van der Waals surface area contributed by atoms with Crippen molar-refractivity contribution in [3.8, 4) is 0 Å². The van der Waals surface area contributed by atoms with Crippen molar-refractivity contribution in [3.63, 3.8) is 0 Å². The van der Waals surface area contributed by atoms with Crippen LogP contribution in [0.1, 0.15) is 26.0 Å². The highest BCUT2D eigenvalue weighted by Gasteiger charge is 2.46. The van der Waals surface area contributed by atoms with E-state index in [0.29, 0.717) is 6.04 Å². The largest absolute Gasteiger partial charge is 0.392 e. The van der Waals surface area contributed by atoms with E-state index >= 15 is 0 Å². The molecule has 0 aromatic carbocycles. The Bertz CT molecular complexity index is 364. The van der Waals surface area contributed by atoms with E-state index in [2.05, 4.69) is 40.1 Å². The van der Waals surface area contributed by atoms with Gasteiger partial charge in [-0.25, -0.2) is 0 Å². The summed E-state index contributed by atoms with van der Waals surface area (Å²) in [7, 11) is 0. The second kappa shape index (κ2) is 4.43. The van der Waals surface area contributed by atoms with Crippen molar-refractivity contribution >= 4 is 15.9 Å². The molecule has 1 aromatic heterocycles. The average Bonchev–Trinajstić information content (AvgIpc) is 2.26. The third-order valence-electron chi connectivity index (χ3n) is 3.53. The standard InChI is InChI=1S/C12H17BrN2O/c1-12(2)10(5-11(12)16)15-7-9-4-3-8(13)6-14-9/h3-4,6,10-11,15-16H,5,7H2,1-2H3. The van der Waals surface area contributed by atoms with Gasteiger partial charge in [0.05, 0.1) is 11.8 Å². The molecule has 0 bridgehead atoms. The summed E-state index contributed by atoms with van der Waals surface area (Å²) in [6.07, 6.45) is 2.46. The van der Waals surface area contributed by atoms with Crippen LogP contribution >= 0.6 is 15.9 Å². The maximum Gasteiger partial charge on any atom is 0.0621 e. The minimum Gasteiger partial charge on any atom is -0.392 e. The van der Waals surface area contributed by atoms with Crippen LogP contribution in [0.25, 0.3) is 0 Å². The lowest BCUT2D eigenvalue weighted by Gasteiger charge is -2.49. The van der Waals surface area contributed by atoms with E-state index in [1.54, 1.807) is 6.20 Å². The van der Waals surface area contributed by atoms with Gasteiger partial charge in [-0.3, -0.25) is 4.98 Å². The average molecular weight is 285 g/mol. The highest BCUT2D eigenvalue weighted by atomic mass is 79.9. The predicted octanol–water partition coefficient (Wildman–Crippen LogP) is 2.09. The van der Waals surface area contributed by atoms with Crippen LogP contribution in [0.15, 0.2) is 22.8 Å². The summed E-state index contributed by atoms with van der Waals surface area (Å²) in [6, 6.07) is 4.37. The fraction of sp³-hybridized carbons (Fsp3) is 0.583. The van der Waals surface area contributed by atoms with E-state index in [-0.39, 0.29) is 11.5 Å². The minimum absolute atomic E-state index is 0.0185. The monoisotopic (exact) mass is 284 g/mol. The number of aromatic nitrogens is 1. The Morgan fingerprint density at radius 1 is 1.56 bits per heavy atom. The molecule has 0 spiro atoms. The normalized spacial score (nSPS) is 27.5. The maximum atomic E-state index is 9.62. The summed E-state index contributed by atoms with van der Waals surface area (Å²) in [5.41, 5.74) is 1.01. The molecule has 1 heterocycles. The van der Waals surface area contributed by atoms with E-state index in [1.165, 1.54) is 0 Å². The van der Waals surface area contributed by atoms with Gasteiger partial charge < -0.3 is 10.4 Å². The summed E-state index contributed by atoms with van der Waals surface area (Å²) < 4.78 is 0.996. The van der Waals surface area contributed by atoms with Gasteiger partial charge in [0.1, 0.15) is 0 Å². The smallest absolute Gasteiger partial charge is 0.0621 e. The molecule has 1 aliphatic rings. The Balaban J connectivity index is 1.87. The molecule has 1 aliphatic carbocycles. The van der Waals surface area contributed by atoms with Crippen LogP contribution in [-0.4, -0.2) is 22.2 Å². The summed E-state index contributed by atoms with van der Waals surface area (Å²) in [5.74, 6) is 0. The van der Waals surface area contributed by atoms with Crippen LogP contribution in [0.2, 0.25) is 0 Å². The molecule has 2 unspecified atom stereocenters. The quantitative estimate of drug-likeness (QED) is 0.894. The van der Waals surface area contributed by atoms with Crippen molar-refractivity contribution in [1.82, 2.24) is 10.3 Å². The van der Waals surface area contributed by atoms with Gasteiger partial charge >= 0.3 is 0 Å². The molecule has 16 heavy (non-hydrogen) atoms. The Hall–Kier alpha value is -0.450. The van der Waals surface area contributed by atoms with Gasteiger partial charge in [0.15, 0.2) is 0 Å². The first-order valence-corrected chi connectivity index (χ1v) is 6.31. The molecule has 2 rings (SSSR count). The van der Waals surface area contributed by atoms with Crippen molar-refractivity contribution in [2.24, 2.45) is 5.41 Å². The first kappa shape index (κ1) is 12.0. The molecule has 0 aliphatic heterocycles. The van der Waals surface area contributed by atoms with Crippen LogP contribution in [0.5, 0.6) is 0 Å². The Kier molecular flexibility index (Phi) is 3.33. The van der Waals surface area contributed by atoms with Gasteiger partial charge in [0.2, 0.25) is 0 Å². The van der Waals surface area contributed by atoms with E-state index < -0.39 is 0 Å². The van der Waals surface area contributed by atoms with Crippen LogP contribution in [0, 0.1) is 5.41 Å². The number of halogens is 1. The molecule has 3 nitrogen and oxygen atoms in total. The summed E-state index contributed by atoms with van der Waals surface area (Å²) in [5, 5.41) is 13.1. The molecule has 1 saturated carbocycles. The van der Waals surface area contributed by atoms with Crippen molar-refractivity contribution in [3.05, 3.63) is 28.5 Å². The van der Waals surface area contributed by atoms with Crippen LogP contribution in [-0.2, 0) is 6.54 Å². The Morgan fingerprint density at radius 3 is 2.81 bits per heavy atom. The zero-order chi connectivity index (χ0) is 11.8. The minimum atomic E-state index is -0.178. The van der Waals surface area contributed by atoms with E-state index in [4.69, 9.17) is 0 Å². The second-order valence-electron chi connectivity index (χ2n) is 4.97. The third-order valence-corrected chi connectivity index (χ3v) is 4.00. The summed E-state index contributed by atoms with van der Waals surface area (Å²) >= 11 is 3.36. The number of pyridine rings is 1. The van der Waals surface area contributed by atoms with Crippen LogP contribution < -0.4 is 5.32 Å². The second-order valence-corrected chi connectivity index (χ2v) is 5.89. The van der Waals surface area contributed by atoms with Crippen molar-refractivity contribution in [1.29, 1.82) is 0 Å². The fourth-order valence-electron chi connectivity index (χ4n) is 1.99. The first-order valence-electron chi connectivity index (χ1n) is 5.52. The highest BCUT2D eigenvalue weighted by Crippen LogP contribution is 2.40. The number of nitrogens with one attached hydrogen (secondary N) is 1. The lowest BCUT2D eigenvalue weighted by Crippen LogP contribution is -2.59. The Morgan fingerprint density at radius 2 is 2.31 bits per heavy atom. The zero-order valence-electron chi connectivity index (χ0n) is 9.57. The van der Waals surface area contributed by atoms with Gasteiger partial charge in [0, 0.05) is 28.7 Å². The predicted molar refractivity (Wildman–Crippen MR) is 67.0 cm³/mol. The Labute approximate surface area is 104 Å². The summed E-state index contributed by atoms with van der Waals surface area (Å²) in [4.78, 5) is 4.30. The van der Waals surface area contributed by atoms with Crippen LogP contribution in [0.3, 0.4) is 0 Å². The highest BCUT2D eigenvalue weighted by molar-refractivity contribution is 9.10. The molecule has 1 aromatic rings. The van der Waals surface area contributed by atoms with Crippen molar-refractivity contribution < 1.29 is 5.11 Å². The van der Waals surface area contributed by atoms with Gasteiger partial charge in [0.25, 0.3) is 0 Å². The lowest BCUT2D eigenvalue weighted by atomic mass is 9.64. The molecule has 0 radical (unpaired) electrons. The molecule has 0 amide bonds. The molecule has 88 valence electrons. The zero-order valence-corrected chi connectivity index (χ0v) is 11.2. The number of aliphatic hydroxyl groups is 1. The van der Waals surface area contributed by atoms with Gasteiger partial charge in [-0.05, 0) is 34.5 Å². The molecular weight excluding hydrogens is 268 g/mol. The van der Waals surface area contributed by atoms with E-state index in [0.717, 1.165) is 23.1 Å². The van der Waals surface area contributed by atoms with E-state index in [1.807, 2.05) is 12.1 Å². The number of hydrogen-bond donors (Lipinski definition) is 2. The summed E-state index contributed by atoms with van der Waals surface area (Å²) in [6.45, 7) is 4.94. The molecule has 2 N–H and O–H groups in total. The van der Waals surface area contributed by atoms with E-state index in [9.17, 15) is 5.11 Å². The number of hydrogen-bond acceptors (Lipinski definition) is 3. The number of aliphatic hydroxyl groups excluding tert-OH is 1. The first-order chi connectivity index (χ1) is 7.50. The third kappa shape index (κ3) is 2.29.